The molecule has 0 fully saturated rings. The number of carbonyl (C=O) groups is 1. The summed E-state index contributed by atoms with van der Waals surface area (Å²) in [6.07, 6.45) is 0. The topological polar surface area (TPSA) is 67.6 Å². The second-order valence-corrected chi connectivity index (χ2v) is 8.49. The lowest BCUT2D eigenvalue weighted by molar-refractivity contribution is 0.0752. The lowest BCUT2D eigenvalue weighted by Gasteiger charge is -2.16. The van der Waals surface area contributed by atoms with Crippen molar-refractivity contribution in [3.8, 4) is 0 Å². The number of carbonyl (C=O) groups excluding carboxylic acids is 1. The zero-order chi connectivity index (χ0) is 19.4. The molecule has 1 aromatic heterocycles. The number of furan rings is 1. The summed E-state index contributed by atoms with van der Waals surface area (Å²) in [5, 5.41) is 0.575. The lowest BCUT2D eigenvalue weighted by Crippen LogP contribution is -2.25. The van der Waals surface area contributed by atoms with Crippen molar-refractivity contribution < 1.29 is 17.6 Å². The average Bonchev–Trinajstić information content (AvgIpc) is 3.11. The van der Waals surface area contributed by atoms with Gasteiger partial charge < -0.3 is 9.32 Å². The molecule has 0 atom stereocenters. The average molecular weight is 404 g/mol. The number of rotatable bonds is 6. The van der Waals surface area contributed by atoms with Crippen LogP contribution in [0.4, 0.5) is 0 Å². The number of hydrogen-bond acceptors (Lipinski definition) is 4. The van der Waals surface area contributed by atoms with Gasteiger partial charge in [0, 0.05) is 18.6 Å². The molecule has 0 aliphatic carbocycles. The Morgan fingerprint density at radius 2 is 1.67 bits per heavy atom. The molecule has 3 aromatic rings. The molecule has 0 radical (unpaired) electrons. The molecule has 5 nitrogen and oxygen atoms in total. The maximum Gasteiger partial charge on any atom is 0.289 e. The Labute approximate surface area is 163 Å². The Morgan fingerprint density at radius 1 is 1.00 bits per heavy atom. The van der Waals surface area contributed by atoms with Crippen LogP contribution >= 0.6 is 11.6 Å². The molecule has 1 heterocycles. The fraction of sp³-hybridized carbons (Fsp3) is 0.150. The predicted molar refractivity (Wildman–Crippen MR) is 103 cm³/mol. The minimum Gasteiger partial charge on any atom is -0.455 e. The fourth-order valence-corrected chi connectivity index (χ4v) is 4.07. The van der Waals surface area contributed by atoms with Crippen LogP contribution < -0.4 is 0 Å². The van der Waals surface area contributed by atoms with Gasteiger partial charge in [0.2, 0.25) is 0 Å². The highest BCUT2D eigenvalue weighted by molar-refractivity contribution is 7.90. The Kier molecular flexibility index (Phi) is 5.68. The van der Waals surface area contributed by atoms with Gasteiger partial charge in [-0.2, -0.15) is 0 Å². The van der Waals surface area contributed by atoms with Crippen molar-refractivity contribution in [3.05, 3.63) is 88.8 Å². The molecule has 0 saturated heterocycles. The Hall–Kier alpha value is -2.57. The van der Waals surface area contributed by atoms with E-state index in [9.17, 15) is 13.2 Å². The third-order valence-corrected chi connectivity index (χ3v) is 6.04. The lowest BCUT2D eigenvalue weighted by atomic mass is 10.2. The maximum atomic E-state index is 12.5. The van der Waals surface area contributed by atoms with Gasteiger partial charge in [0.25, 0.3) is 5.91 Å². The van der Waals surface area contributed by atoms with Gasteiger partial charge in [-0.3, -0.25) is 4.79 Å². The zero-order valence-corrected chi connectivity index (χ0v) is 16.2. The summed E-state index contributed by atoms with van der Waals surface area (Å²) >= 11 is 6.13. The van der Waals surface area contributed by atoms with Crippen molar-refractivity contribution in [1.82, 2.24) is 4.90 Å². The van der Waals surface area contributed by atoms with Crippen LogP contribution in [0.15, 0.2) is 76.0 Å². The molecule has 2 aromatic carbocycles. The smallest absolute Gasteiger partial charge is 0.289 e. The van der Waals surface area contributed by atoms with Crippen molar-refractivity contribution in [2.45, 2.75) is 17.2 Å². The summed E-state index contributed by atoms with van der Waals surface area (Å²) in [6, 6.07) is 18.4. The summed E-state index contributed by atoms with van der Waals surface area (Å²) < 4.78 is 30.3. The second kappa shape index (κ2) is 7.98. The summed E-state index contributed by atoms with van der Waals surface area (Å²) in [4.78, 5) is 14.2. The van der Waals surface area contributed by atoms with E-state index < -0.39 is 9.84 Å². The molecule has 0 aliphatic rings. The van der Waals surface area contributed by atoms with Gasteiger partial charge in [-0.1, -0.05) is 48.0 Å². The van der Waals surface area contributed by atoms with Crippen LogP contribution in [-0.2, 0) is 22.1 Å². The van der Waals surface area contributed by atoms with E-state index in [1.165, 1.54) is 29.2 Å². The van der Waals surface area contributed by atoms with Crippen molar-refractivity contribution in [3.63, 3.8) is 0 Å². The molecule has 0 spiro atoms. The number of amides is 1. The first-order chi connectivity index (χ1) is 12.9. The van der Waals surface area contributed by atoms with E-state index >= 15 is 0 Å². The normalized spacial score (nSPS) is 11.3. The largest absolute Gasteiger partial charge is 0.455 e. The molecule has 0 aliphatic heterocycles. The first-order valence-corrected chi connectivity index (χ1v) is 10.3. The van der Waals surface area contributed by atoms with Crippen LogP contribution in [-0.4, -0.2) is 26.3 Å². The highest BCUT2D eigenvalue weighted by Crippen LogP contribution is 2.20. The maximum absolute atomic E-state index is 12.5. The van der Waals surface area contributed by atoms with Gasteiger partial charge in [-0.15, -0.1) is 0 Å². The second-order valence-electron chi connectivity index (χ2n) is 6.09. The molecule has 3 rings (SSSR count). The molecular weight excluding hydrogens is 386 g/mol. The van der Waals surface area contributed by atoms with E-state index in [4.69, 9.17) is 16.0 Å². The highest BCUT2D eigenvalue weighted by atomic mass is 35.5. The van der Waals surface area contributed by atoms with Crippen molar-refractivity contribution in [2.24, 2.45) is 0 Å². The van der Waals surface area contributed by atoms with Crippen LogP contribution in [0.3, 0.4) is 0 Å². The van der Waals surface area contributed by atoms with Crippen LogP contribution in [0.25, 0.3) is 0 Å². The van der Waals surface area contributed by atoms with Gasteiger partial charge >= 0.3 is 0 Å². The SMILES string of the molecule is CN(Cc1ccccc1Cl)C(=O)c1ccc(CS(=O)(=O)c2ccccc2)o1. The highest BCUT2D eigenvalue weighted by Gasteiger charge is 2.21. The molecule has 7 heteroatoms. The number of benzene rings is 2. The molecule has 27 heavy (non-hydrogen) atoms. The van der Waals surface area contributed by atoms with Crippen molar-refractivity contribution >= 4 is 27.3 Å². The molecule has 0 saturated carbocycles. The molecule has 140 valence electrons. The molecular formula is C20H18ClNO4S. The van der Waals surface area contributed by atoms with E-state index in [2.05, 4.69) is 0 Å². The van der Waals surface area contributed by atoms with Crippen molar-refractivity contribution in [2.75, 3.05) is 7.05 Å². The van der Waals surface area contributed by atoms with Gasteiger partial charge in [-0.05, 0) is 35.9 Å². The Balaban J connectivity index is 1.71. The van der Waals surface area contributed by atoms with E-state index in [-0.39, 0.29) is 28.1 Å². The third kappa shape index (κ3) is 4.59. The van der Waals surface area contributed by atoms with Crippen LogP contribution in [0.5, 0.6) is 0 Å². The number of nitrogens with zero attached hydrogens (tertiary/aromatic N) is 1. The van der Waals surface area contributed by atoms with Crippen LogP contribution in [0, 0.1) is 0 Å². The van der Waals surface area contributed by atoms with E-state index in [0.717, 1.165) is 5.56 Å². The molecule has 1 amide bonds. The van der Waals surface area contributed by atoms with Gasteiger partial charge in [-0.25, -0.2) is 8.42 Å². The summed E-state index contributed by atoms with van der Waals surface area (Å²) in [6.45, 7) is 0.316. The molecule has 0 N–H and O–H groups in total. The van der Waals surface area contributed by atoms with Crippen LogP contribution in [0.1, 0.15) is 21.9 Å². The minimum absolute atomic E-state index is 0.0859. The monoisotopic (exact) mass is 403 g/mol. The van der Waals surface area contributed by atoms with E-state index in [1.54, 1.807) is 31.3 Å². The Morgan fingerprint density at radius 3 is 2.37 bits per heavy atom. The number of hydrogen-bond donors (Lipinski definition) is 0. The van der Waals surface area contributed by atoms with Crippen LogP contribution in [0.2, 0.25) is 5.02 Å². The Bertz CT molecular complexity index is 1040. The van der Waals surface area contributed by atoms with Crippen molar-refractivity contribution in [1.29, 1.82) is 0 Å². The first-order valence-electron chi connectivity index (χ1n) is 8.22. The summed E-state index contributed by atoms with van der Waals surface area (Å²) in [5.74, 6) is -0.354. The predicted octanol–water partition coefficient (Wildman–Crippen LogP) is 4.18. The first kappa shape index (κ1) is 19.2. The third-order valence-electron chi connectivity index (χ3n) is 4.02. The van der Waals surface area contributed by atoms with Gasteiger partial charge in [0.15, 0.2) is 15.6 Å². The summed E-state index contributed by atoms with van der Waals surface area (Å²) in [5.41, 5.74) is 0.813. The van der Waals surface area contributed by atoms with Gasteiger partial charge in [0.05, 0.1) is 4.90 Å². The molecule has 0 unspecified atom stereocenters. The number of sulfone groups is 1. The van der Waals surface area contributed by atoms with Gasteiger partial charge in [0.1, 0.15) is 11.5 Å². The fourth-order valence-electron chi connectivity index (χ4n) is 2.61. The number of halogens is 1. The molecule has 0 bridgehead atoms. The quantitative estimate of drug-likeness (QED) is 0.619. The zero-order valence-electron chi connectivity index (χ0n) is 14.6. The van der Waals surface area contributed by atoms with E-state index in [1.807, 2.05) is 18.2 Å². The summed E-state index contributed by atoms with van der Waals surface area (Å²) in [7, 11) is -1.90. The minimum atomic E-state index is -3.54. The van der Waals surface area contributed by atoms with E-state index in [0.29, 0.717) is 11.6 Å². The standard InChI is InChI=1S/C20H18ClNO4S/c1-22(13-15-7-5-6-10-18(15)21)20(23)19-12-11-16(26-19)14-27(24,25)17-8-3-2-4-9-17/h2-12H,13-14H2,1H3.